The van der Waals surface area contributed by atoms with Gasteiger partial charge in [-0.2, -0.15) is 0 Å². The number of aromatic nitrogens is 2. The van der Waals surface area contributed by atoms with E-state index in [9.17, 15) is 0 Å². The zero-order valence-corrected chi connectivity index (χ0v) is 19.9. The van der Waals surface area contributed by atoms with Crippen molar-refractivity contribution in [1.29, 1.82) is 0 Å². The summed E-state index contributed by atoms with van der Waals surface area (Å²) in [6.45, 7) is 10.7. The van der Waals surface area contributed by atoms with Crippen LogP contribution in [0.1, 0.15) is 19.7 Å². The number of rotatable bonds is 8. The van der Waals surface area contributed by atoms with Gasteiger partial charge in [-0.1, -0.05) is 19.9 Å². The Morgan fingerprint density at radius 2 is 2.00 bits per heavy atom. The highest BCUT2D eigenvalue weighted by atomic mass is 32.1. The van der Waals surface area contributed by atoms with Gasteiger partial charge >= 0.3 is 0 Å². The Kier molecular flexibility index (Phi) is 6.69. The summed E-state index contributed by atoms with van der Waals surface area (Å²) < 4.78 is 5.49. The highest BCUT2D eigenvalue weighted by Gasteiger charge is 2.22. The summed E-state index contributed by atoms with van der Waals surface area (Å²) >= 11 is 3.47. The topological polar surface area (TPSA) is 53.5 Å². The molecular weight excluding hydrogens is 414 g/mol. The van der Waals surface area contributed by atoms with Crippen LogP contribution >= 0.6 is 22.7 Å². The maximum absolute atomic E-state index is 5.49. The van der Waals surface area contributed by atoms with Gasteiger partial charge in [0, 0.05) is 42.0 Å². The first-order valence-corrected chi connectivity index (χ1v) is 12.2. The molecule has 6 nitrogen and oxygen atoms in total. The van der Waals surface area contributed by atoms with Crippen LogP contribution in [0.15, 0.2) is 22.9 Å². The van der Waals surface area contributed by atoms with Gasteiger partial charge in [0.1, 0.15) is 16.5 Å². The Hall–Kier alpha value is -1.58. The maximum Gasteiger partial charge on any atom is 0.146 e. The van der Waals surface area contributed by atoms with Crippen LogP contribution in [0.25, 0.3) is 20.7 Å². The molecule has 8 heteroatoms. The maximum atomic E-state index is 5.49. The van der Waals surface area contributed by atoms with Crippen molar-refractivity contribution in [2.75, 3.05) is 58.8 Å². The second kappa shape index (κ2) is 9.28. The third-order valence-corrected chi connectivity index (χ3v) is 6.99. The molecule has 4 heterocycles. The number of morpholine rings is 1. The summed E-state index contributed by atoms with van der Waals surface area (Å²) in [5, 5.41) is 9.18. The predicted octanol–water partition coefficient (Wildman–Crippen LogP) is 4.25. The summed E-state index contributed by atoms with van der Waals surface area (Å²) in [7, 11) is 4.25. The van der Waals surface area contributed by atoms with Crippen LogP contribution < -0.4 is 5.32 Å². The van der Waals surface area contributed by atoms with Crippen molar-refractivity contribution in [3.05, 3.63) is 28.7 Å². The first-order chi connectivity index (χ1) is 14.4. The first kappa shape index (κ1) is 21.6. The average Bonchev–Trinajstić information content (AvgIpc) is 3.35. The van der Waals surface area contributed by atoms with E-state index in [-0.39, 0.29) is 5.41 Å². The van der Waals surface area contributed by atoms with Crippen LogP contribution in [0.2, 0.25) is 0 Å². The van der Waals surface area contributed by atoms with Crippen molar-refractivity contribution >= 4 is 38.7 Å². The Morgan fingerprint density at radius 3 is 2.70 bits per heavy atom. The van der Waals surface area contributed by atoms with Gasteiger partial charge in [0.15, 0.2) is 0 Å². The second-order valence-electron chi connectivity index (χ2n) is 8.94. The summed E-state index contributed by atoms with van der Waals surface area (Å²) in [6, 6.07) is 4.28. The molecule has 1 aliphatic heterocycles. The van der Waals surface area contributed by atoms with Gasteiger partial charge in [0.05, 0.1) is 25.1 Å². The van der Waals surface area contributed by atoms with Crippen LogP contribution in [0, 0.1) is 5.41 Å². The van der Waals surface area contributed by atoms with Crippen molar-refractivity contribution in [3.63, 3.8) is 0 Å². The fourth-order valence-corrected chi connectivity index (χ4v) is 5.77. The number of fused-ring (bicyclic) bond motifs is 1. The monoisotopic (exact) mass is 445 g/mol. The summed E-state index contributed by atoms with van der Waals surface area (Å²) in [6.07, 6.45) is 0. The van der Waals surface area contributed by atoms with Crippen LogP contribution in [0.4, 0.5) is 5.82 Å². The lowest BCUT2D eigenvalue weighted by molar-refractivity contribution is 0.0331. The molecule has 1 N–H and O–H groups in total. The standard InChI is InChI=1S/C22H31N5OS2/c1-22(2,15-26(3)4)14-23-20-19-16(17-6-5-11-29-17)13-30-21(19)25-18(24-20)12-27-7-9-28-10-8-27/h5-6,11,13H,7-10,12,14-15H2,1-4H3,(H,23,24,25). The molecule has 3 aromatic rings. The molecule has 3 aromatic heterocycles. The number of hydrogen-bond acceptors (Lipinski definition) is 8. The minimum absolute atomic E-state index is 0.129. The Morgan fingerprint density at radius 1 is 1.20 bits per heavy atom. The molecule has 0 spiro atoms. The summed E-state index contributed by atoms with van der Waals surface area (Å²) in [4.78, 5) is 16.9. The zero-order chi connectivity index (χ0) is 21.1. The quantitative estimate of drug-likeness (QED) is 0.559. The fraction of sp³-hybridized carbons (Fsp3) is 0.545. The van der Waals surface area contributed by atoms with E-state index in [2.05, 4.69) is 66.0 Å². The molecule has 1 fully saturated rings. The van der Waals surface area contributed by atoms with Gasteiger partial charge in [0.25, 0.3) is 0 Å². The molecule has 1 aliphatic rings. The highest BCUT2D eigenvalue weighted by molar-refractivity contribution is 7.18. The molecular formula is C22H31N5OS2. The minimum Gasteiger partial charge on any atom is -0.379 e. The molecule has 30 heavy (non-hydrogen) atoms. The number of hydrogen-bond donors (Lipinski definition) is 1. The third-order valence-electron chi connectivity index (χ3n) is 5.21. The SMILES string of the molecule is CN(C)CC(C)(C)CNc1nc(CN2CCOCC2)nc2scc(-c3cccs3)c12. The molecule has 0 aromatic carbocycles. The molecule has 162 valence electrons. The Balaban J connectivity index is 1.67. The Labute approximate surface area is 186 Å². The van der Waals surface area contributed by atoms with Crippen LogP contribution in [-0.2, 0) is 11.3 Å². The molecule has 0 bridgehead atoms. The molecule has 0 amide bonds. The normalized spacial score (nSPS) is 15.9. The van der Waals surface area contributed by atoms with E-state index in [1.807, 2.05) is 0 Å². The molecule has 1 saturated heterocycles. The number of nitrogens with one attached hydrogen (secondary N) is 1. The van der Waals surface area contributed by atoms with E-state index in [1.165, 1.54) is 10.4 Å². The molecule has 4 rings (SSSR count). The zero-order valence-electron chi connectivity index (χ0n) is 18.3. The predicted molar refractivity (Wildman–Crippen MR) is 128 cm³/mol. The lowest BCUT2D eigenvalue weighted by atomic mass is 9.93. The highest BCUT2D eigenvalue weighted by Crippen LogP contribution is 2.39. The van der Waals surface area contributed by atoms with Gasteiger partial charge < -0.3 is 15.0 Å². The van der Waals surface area contributed by atoms with Gasteiger partial charge in [-0.15, -0.1) is 22.7 Å². The van der Waals surface area contributed by atoms with Crippen LogP contribution in [0.5, 0.6) is 0 Å². The lowest BCUT2D eigenvalue weighted by Gasteiger charge is -2.29. The molecule has 0 saturated carbocycles. The largest absolute Gasteiger partial charge is 0.379 e. The first-order valence-electron chi connectivity index (χ1n) is 10.4. The van der Waals surface area contributed by atoms with Gasteiger partial charge in [-0.3, -0.25) is 4.90 Å². The molecule has 0 aliphatic carbocycles. The van der Waals surface area contributed by atoms with Crippen LogP contribution in [-0.4, -0.2) is 73.3 Å². The molecule has 0 radical (unpaired) electrons. The van der Waals surface area contributed by atoms with E-state index in [0.717, 1.165) is 67.8 Å². The minimum atomic E-state index is 0.129. The van der Waals surface area contributed by atoms with E-state index < -0.39 is 0 Å². The number of nitrogens with zero attached hydrogens (tertiary/aromatic N) is 4. The molecule has 0 atom stereocenters. The van der Waals surface area contributed by atoms with E-state index in [1.54, 1.807) is 22.7 Å². The number of thiophene rings is 2. The van der Waals surface area contributed by atoms with Crippen molar-refractivity contribution in [1.82, 2.24) is 19.8 Å². The fourth-order valence-electron chi connectivity index (χ4n) is 3.99. The number of ether oxygens (including phenoxy) is 1. The number of anilines is 1. The average molecular weight is 446 g/mol. The summed E-state index contributed by atoms with van der Waals surface area (Å²) in [5.41, 5.74) is 1.36. The lowest BCUT2D eigenvalue weighted by Crippen LogP contribution is -2.36. The smallest absolute Gasteiger partial charge is 0.146 e. The Bertz CT molecular complexity index is 961. The van der Waals surface area contributed by atoms with E-state index in [4.69, 9.17) is 14.7 Å². The second-order valence-corrected chi connectivity index (χ2v) is 10.7. The van der Waals surface area contributed by atoms with Crippen molar-refractivity contribution in [2.24, 2.45) is 5.41 Å². The van der Waals surface area contributed by atoms with E-state index >= 15 is 0 Å². The van der Waals surface area contributed by atoms with Gasteiger partial charge in [0.2, 0.25) is 0 Å². The third kappa shape index (κ3) is 5.18. The summed E-state index contributed by atoms with van der Waals surface area (Å²) in [5.74, 6) is 1.84. The van der Waals surface area contributed by atoms with Crippen molar-refractivity contribution < 1.29 is 4.74 Å². The van der Waals surface area contributed by atoms with Crippen LogP contribution in [0.3, 0.4) is 0 Å². The van der Waals surface area contributed by atoms with Gasteiger partial charge in [-0.25, -0.2) is 9.97 Å². The van der Waals surface area contributed by atoms with Crippen molar-refractivity contribution in [2.45, 2.75) is 20.4 Å². The van der Waals surface area contributed by atoms with Gasteiger partial charge in [-0.05, 0) is 31.0 Å². The van der Waals surface area contributed by atoms with Crippen molar-refractivity contribution in [3.8, 4) is 10.4 Å². The molecule has 0 unspecified atom stereocenters. The van der Waals surface area contributed by atoms with E-state index in [0.29, 0.717) is 0 Å².